The Morgan fingerprint density at radius 2 is 0.305 bits per heavy atom. The van der Waals surface area contributed by atoms with Crippen molar-refractivity contribution in [3.63, 3.8) is 0 Å². The SMILES string of the molecule is O=P(O)(O)O.OC[C@H]1O[C@@H]2O[C@H]3[C@H](O)[C@@H](O)[C@@H](O[C@H]4[C@H](O)[C@@H](O)[C@@H](O[C@H]5[C@H](O)[C@@H](O)[C@@H](O[C@H]6[C@H](O)[C@@H](O)[C@@H](O[C@H]7[C@H](O)[C@@H](O)[C@@H](O[C@H]8[C@H](O)[C@@H](O)[C@@H](O[C@H]1[C@H](O)[C@H]2O)O[C@@H]8CO)O[C@@H]7CO)O[C@@H]6CO)O[C@@H]5CO)O[C@@H]4CO)O[C@@H]3CO. The van der Waals surface area contributed by atoms with E-state index in [9.17, 15) is 107 Å². The molecule has 14 bridgehead atoms. The van der Waals surface area contributed by atoms with Crippen LogP contribution in [0.15, 0.2) is 0 Å². The third-order valence-electron chi connectivity index (χ3n) is 14.8. The average molecular weight is 1230 g/mol. The van der Waals surface area contributed by atoms with Crippen molar-refractivity contribution in [1.29, 1.82) is 0 Å². The second kappa shape index (κ2) is 28.9. The second-order valence-electron chi connectivity index (χ2n) is 20.2. The van der Waals surface area contributed by atoms with Crippen molar-refractivity contribution in [2.24, 2.45) is 0 Å². The minimum atomic E-state index is -4.64. The molecule has 35 atom stereocenters. The van der Waals surface area contributed by atoms with Gasteiger partial charge in [-0.1, -0.05) is 0 Å². The smallest absolute Gasteiger partial charge is 0.394 e. The summed E-state index contributed by atoms with van der Waals surface area (Å²) in [7, 11) is -4.64. The van der Waals surface area contributed by atoms with Crippen LogP contribution in [0, 0.1) is 0 Å². The standard InChI is InChI=1S/C42H70O35.H3O4P/c43-1-8-29-15(50)22(57)36(64-8)72-30-9(2-44)66-38(24(59)17(30)52)74-32-11(4-46)68-40(26(61)19(32)54)76-34-13(6-48)70-42(28(63)21(34)56)77-35-14(7-49)69-41(27(62)20(35)55)75-33-12(5-47)67-39(25(60)18(33)53)73-31-10(3-45)65-37(71-29)23(58)16(31)51;1-5(2,3)4/h8-63H,1-7H2;(H3,1,2,3,4)/t8-,9-,10-,11-,12-,13-,14-,15-,16-,17-,18-,19-,20-,21-,22-,23-,24-,25-,26-,27-,28-,29-,30-,31-,32-,33-,34-,35-,36-,37-,38-,39-,40-,41-,42-;/m1./s1. The molecule has 21 saturated heterocycles. The van der Waals surface area contributed by atoms with Gasteiger partial charge in [0.1, 0.15) is 171 Å². The van der Waals surface area contributed by atoms with Crippen molar-refractivity contribution in [3.05, 3.63) is 0 Å². The van der Waals surface area contributed by atoms with Crippen LogP contribution in [0.1, 0.15) is 0 Å². The number of hydrogen-bond donors (Lipinski definition) is 24. The van der Waals surface area contributed by atoms with Gasteiger partial charge in [-0.25, -0.2) is 4.57 Å². The number of rotatable bonds is 7. The Bertz CT molecular complexity index is 1630. The summed E-state index contributed by atoms with van der Waals surface area (Å²) in [5.74, 6) is 0. The predicted molar refractivity (Wildman–Crippen MR) is 243 cm³/mol. The van der Waals surface area contributed by atoms with Crippen molar-refractivity contribution >= 4 is 7.82 Å². The van der Waals surface area contributed by atoms with E-state index in [4.69, 9.17) is 85.6 Å². The molecule has 82 heavy (non-hydrogen) atoms. The molecule has 0 aromatic heterocycles. The van der Waals surface area contributed by atoms with Gasteiger partial charge in [0.05, 0.1) is 46.2 Å². The van der Waals surface area contributed by atoms with Crippen molar-refractivity contribution in [1.82, 2.24) is 0 Å². The summed E-state index contributed by atoms with van der Waals surface area (Å²) in [6.45, 7) is -7.33. The second-order valence-corrected chi connectivity index (χ2v) is 21.2. The average Bonchev–Trinajstić information content (AvgIpc) is 2.87. The van der Waals surface area contributed by atoms with Gasteiger partial charge in [-0.2, -0.15) is 0 Å². The van der Waals surface area contributed by atoms with Crippen LogP contribution in [0.5, 0.6) is 0 Å². The first-order valence-electron chi connectivity index (χ1n) is 25.4. The van der Waals surface area contributed by atoms with E-state index in [1.807, 2.05) is 0 Å². The first kappa shape index (κ1) is 68.2. The summed E-state index contributed by atoms with van der Waals surface area (Å²) in [5.41, 5.74) is 0. The van der Waals surface area contributed by atoms with Crippen molar-refractivity contribution < 1.29 is 193 Å². The minimum Gasteiger partial charge on any atom is -0.394 e. The van der Waals surface area contributed by atoms with E-state index in [0.29, 0.717) is 0 Å². The van der Waals surface area contributed by atoms with Crippen LogP contribution in [-0.4, -0.2) is 383 Å². The summed E-state index contributed by atoms with van der Waals surface area (Å²) in [6.07, 6.45) is -70.2. The molecule has 0 spiro atoms. The molecule has 0 unspecified atom stereocenters. The molecule has 21 fully saturated rings. The highest BCUT2D eigenvalue weighted by molar-refractivity contribution is 7.45. The van der Waals surface area contributed by atoms with Gasteiger partial charge >= 0.3 is 7.82 Å². The normalized spacial score (nSPS) is 52.7. The van der Waals surface area contributed by atoms with Crippen molar-refractivity contribution in [2.45, 2.75) is 215 Å². The Morgan fingerprint density at radius 1 is 0.207 bits per heavy atom. The molecule has 480 valence electrons. The van der Waals surface area contributed by atoms with Crippen LogP contribution in [0.2, 0.25) is 0 Å². The first-order chi connectivity index (χ1) is 38.7. The summed E-state index contributed by atoms with van der Waals surface area (Å²) >= 11 is 0. The van der Waals surface area contributed by atoms with Gasteiger partial charge in [0.25, 0.3) is 0 Å². The molecule has 21 heterocycles. The first-order valence-corrected chi connectivity index (χ1v) is 27.0. The third-order valence-corrected chi connectivity index (χ3v) is 14.8. The predicted octanol–water partition coefficient (Wildman–Crippen LogP) is -16.2. The van der Waals surface area contributed by atoms with Crippen LogP contribution in [0.4, 0.5) is 0 Å². The van der Waals surface area contributed by atoms with E-state index in [1.54, 1.807) is 0 Å². The molecule has 0 amide bonds. The van der Waals surface area contributed by atoms with Gasteiger partial charge in [-0.15, -0.1) is 0 Å². The summed E-state index contributed by atoms with van der Waals surface area (Å²) < 4.78 is 88.3. The topological polar surface area (TPSA) is 632 Å². The fourth-order valence-electron chi connectivity index (χ4n) is 10.4. The lowest BCUT2D eigenvalue weighted by Gasteiger charge is -2.50. The van der Waals surface area contributed by atoms with Crippen LogP contribution in [0.25, 0.3) is 0 Å². The lowest BCUT2D eigenvalue weighted by Crippen LogP contribution is -2.68. The molecule has 0 aromatic carbocycles. The summed E-state index contributed by atoms with van der Waals surface area (Å²) in [6, 6.07) is 0. The molecule has 0 saturated carbocycles. The van der Waals surface area contributed by atoms with E-state index in [0.717, 1.165) is 0 Å². The number of hydrogen-bond acceptors (Lipinski definition) is 36. The molecule has 21 aliphatic heterocycles. The van der Waals surface area contributed by atoms with Gasteiger partial charge in [-0.3, -0.25) is 0 Å². The molecule has 0 radical (unpaired) electrons. The summed E-state index contributed by atoms with van der Waals surface area (Å²) in [4.78, 5) is 21.6. The molecule has 0 aliphatic carbocycles. The highest BCUT2D eigenvalue weighted by atomic mass is 31.2. The van der Waals surface area contributed by atoms with E-state index in [2.05, 4.69) is 0 Å². The summed E-state index contributed by atoms with van der Waals surface area (Å²) in [5, 5.41) is 230. The van der Waals surface area contributed by atoms with Crippen LogP contribution >= 0.6 is 7.82 Å². The van der Waals surface area contributed by atoms with Crippen molar-refractivity contribution in [2.75, 3.05) is 46.2 Å². The number of aliphatic hydroxyl groups excluding tert-OH is 21. The molecule has 40 heteroatoms. The lowest BCUT2D eigenvalue weighted by molar-refractivity contribution is -0.396. The van der Waals surface area contributed by atoms with Crippen LogP contribution < -0.4 is 0 Å². The zero-order valence-electron chi connectivity index (χ0n) is 42.5. The van der Waals surface area contributed by atoms with Gasteiger partial charge < -0.3 is 188 Å². The fourth-order valence-corrected chi connectivity index (χ4v) is 10.4. The maximum atomic E-state index is 11.3. The highest BCUT2D eigenvalue weighted by Crippen LogP contribution is 2.39. The maximum absolute atomic E-state index is 11.3. The third kappa shape index (κ3) is 14.6. The number of aliphatic hydroxyl groups is 21. The van der Waals surface area contributed by atoms with Gasteiger partial charge in [0.2, 0.25) is 0 Å². The minimum absolute atomic E-state index is 1.05. The van der Waals surface area contributed by atoms with Crippen molar-refractivity contribution in [3.8, 4) is 0 Å². The maximum Gasteiger partial charge on any atom is 0.466 e. The number of ether oxygens (including phenoxy) is 14. The molecule has 21 aliphatic rings. The number of phosphoric acid groups is 1. The Kier molecular flexibility index (Phi) is 24.0. The van der Waals surface area contributed by atoms with E-state index in [-0.39, 0.29) is 0 Å². The van der Waals surface area contributed by atoms with Crippen LogP contribution in [-0.2, 0) is 70.9 Å². The lowest BCUT2D eigenvalue weighted by atomic mass is 9.95. The van der Waals surface area contributed by atoms with E-state index in [1.165, 1.54) is 0 Å². The van der Waals surface area contributed by atoms with Gasteiger partial charge in [0.15, 0.2) is 44.0 Å². The van der Waals surface area contributed by atoms with Gasteiger partial charge in [0, 0.05) is 0 Å². The zero-order chi connectivity index (χ0) is 60.6. The highest BCUT2D eigenvalue weighted by Gasteiger charge is 2.59. The molecule has 21 rings (SSSR count). The zero-order valence-corrected chi connectivity index (χ0v) is 43.4. The van der Waals surface area contributed by atoms with Gasteiger partial charge in [-0.05, 0) is 0 Å². The quantitative estimate of drug-likeness (QED) is 0.105. The molecular weight excluding hydrogens is 1160 g/mol. The Balaban J connectivity index is 0.00000185. The monoisotopic (exact) mass is 1230 g/mol. The van der Waals surface area contributed by atoms with E-state index >= 15 is 0 Å². The molecule has 39 nitrogen and oxygen atoms in total. The van der Waals surface area contributed by atoms with Crippen LogP contribution in [0.3, 0.4) is 0 Å². The Morgan fingerprint density at radius 3 is 0.390 bits per heavy atom. The largest absolute Gasteiger partial charge is 0.466 e. The van der Waals surface area contributed by atoms with E-state index < -0.39 is 269 Å². The molecule has 0 aromatic rings. The Labute approximate surface area is 461 Å². The molecule has 24 N–H and O–H groups in total. The Hall–Kier alpha value is -1.29. The fraction of sp³-hybridized carbons (Fsp3) is 1.00. The molecular formula is C42H73O39P.